The van der Waals surface area contributed by atoms with Gasteiger partial charge in [-0.1, -0.05) is 36.4 Å². The molecule has 4 heteroatoms. The first-order valence-electron chi connectivity index (χ1n) is 7.44. The van der Waals surface area contributed by atoms with E-state index >= 15 is 0 Å². The van der Waals surface area contributed by atoms with E-state index in [0.29, 0.717) is 19.3 Å². The number of quaternary nitrogens is 1. The molecule has 0 radical (unpaired) electrons. The summed E-state index contributed by atoms with van der Waals surface area (Å²) in [5, 5.41) is 2.28. The number of nitrogens with two attached hydrogens (primary N) is 1. The normalized spacial score (nSPS) is 10.4. The van der Waals surface area contributed by atoms with Crippen molar-refractivity contribution in [3.05, 3.63) is 60.7 Å². The Labute approximate surface area is 139 Å². The fourth-order valence-corrected chi connectivity index (χ4v) is 2.14. The van der Waals surface area contributed by atoms with Crippen LogP contribution in [0.4, 0.5) is 0 Å². The number of rotatable bonds is 8. The molecule has 0 saturated carbocycles. The van der Waals surface area contributed by atoms with Crippen LogP contribution in [0.3, 0.4) is 0 Å². The summed E-state index contributed by atoms with van der Waals surface area (Å²) in [6, 6.07) is 20.6. The van der Waals surface area contributed by atoms with E-state index in [1.165, 1.54) is 0 Å². The summed E-state index contributed by atoms with van der Waals surface area (Å²) in [6.45, 7) is 5.63. The SMILES string of the molecule is CC(C)[NH2+]C(COc1ccccc1)COc1ccccc1.[Cl-]. The van der Waals surface area contributed by atoms with Crippen LogP contribution in [-0.4, -0.2) is 25.3 Å². The van der Waals surface area contributed by atoms with Crippen molar-refractivity contribution in [2.24, 2.45) is 0 Å². The van der Waals surface area contributed by atoms with Gasteiger partial charge in [0.2, 0.25) is 0 Å². The Morgan fingerprint density at radius 1 is 0.773 bits per heavy atom. The maximum absolute atomic E-state index is 5.85. The lowest BCUT2D eigenvalue weighted by Crippen LogP contribution is -3.00. The molecule has 3 nitrogen and oxygen atoms in total. The molecule has 0 aliphatic carbocycles. The average Bonchev–Trinajstić information content (AvgIpc) is 2.51. The van der Waals surface area contributed by atoms with E-state index in [2.05, 4.69) is 19.2 Å². The molecule has 2 N–H and O–H groups in total. The molecule has 22 heavy (non-hydrogen) atoms. The summed E-state index contributed by atoms with van der Waals surface area (Å²) in [5.41, 5.74) is 0. The maximum Gasteiger partial charge on any atom is 0.155 e. The van der Waals surface area contributed by atoms with Crippen molar-refractivity contribution in [3.8, 4) is 11.5 Å². The van der Waals surface area contributed by atoms with Gasteiger partial charge in [-0.3, -0.25) is 0 Å². The molecule has 2 aromatic carbocycles. The van der Waals surface area contributed by atoms with Crippen molar-refractivity contribution in [3.63, 3.8) is 0 Å². The first-order valence-corrected chi connectivity index (χ1v) is 7.44. The first kappa shape index (κ1) is 18.3. The molecular formula is C18H24ClNO2. The predicted molar refractivity (Wildman–Crippen MR) is 84.7 cm³/mol. The number of para-hydroxylation sites is 2. The maximum atomic E-state index is 5.85. The molecule has 0 atom stereocenters. The largest absolute Gasteiger partial charge is 1.00 e. The fourth-order valence-electron chi connectivity index (χ4n) is 2.14. The molecule has 0 fully saturated rings. The molecule has 120 valence electrons. The fraction of sp³-hybridized carbons (Fsp3) is 0.333. The van der Waals surface area contributed by atoms with Crippen LogP contribution in [0.25, 0.3) is 0 Å². The van der Waals surface area contributed by atoms with E-state index in [0.717, 1.165) is 11.5 Å². The molecule has 0 unspecified atom stereocenters. The Hall–Kier alpha value is -1.71. The molecule has 2 rings (SSSR count). The second-order valence-corrected chi connectivity index (χ2v) is 5.44. The Morgan fingerprint density at radius 3 is 1.55 bits per heavy atom. The average molecular weight is 322 g/mol. The highest BCUT2D eigenvalue weighted by Gasteiger charge is 2.16. The zero-order chi connectivity index (χ0) is 14.9. The highest BCUT2D eigenvalue weighted by atomic mass is 35.5. The second kappa shape index (κ2) is 10.1. The zero-order valence-corrected chi connectivity index (χ0v) is 13.9. The van der Waals surface area contributed by atoms with Gasteiger partial charge in [0.1, 0.15) is 24.7 Å². The molecule has 0 saturated heterocycles. The second-order valence-electron chi connectivity index (χ2n) is 5.44. The number of ether oxygens (including phenoxy) is 2. The summed E-state index contributed by atoms with van der Waals surface area (Å²) in [7, 11) is 0. The van der Waals surface area contributed by atoms with Crippen LogP contribution in [0, 0.1) is 0 Å². The van der Waals surface area contributed by atoms with E-state index in [1.54, 1.807) is 0 Å². The molecule has 0 bridgehead atoms. The molecule has 0 aliphatic heterocycles. The Morgan fingerprint density at radius 2 is 1.18 bits per heavy atom. The van der Waals surface area contributed by atoms with E-state index in [4.69, 9.17) is 9.47 Å². The third kappa shape index (κ3) is 6.83. The van der Waals surface area contributed by atoms with Crippen LogP contribution in [0.1, 0.15) is 13.8 Å². The van der Waals surface area contributed by atoms with Gasteiger partial charge in [0.05, 0.1) is 6.04 Å². The van der Waals surface area contributed by atoms with E-state index in [-0.39, 0.29) is 18.4 Å². The van der Waals surface area contributed by atoms with Gasteiger partial charge in [0.15, 0.2) is 6.04 Å². The number of hydrogen-bond acceptors (Lipinski definition) is 2. The van der Waals surface area contributed by atoms with Crippen LogP contribution >= 0.6 is 0 Å². The lowest BCUT2D eigenvalue weighted by Gasteiger charge is -2.19. The topological polar surface area (TPSA) is 35.1 Å². The van der Waals surface area contributed by atoms with Gasteiger partial charge < -0.3 is 27.2 Å². The monoisotopic (exact) mass is 321 g/mol. The first-order chi connectivity index (χ1) is 10.2. The van der Waals surface area contributed by atoms with Crippen LogP contribution < -0.4 is 27.2 Å². The van der Waals surface area contributed by atoms with Crippen LogP contribution in [0.15, 0.2) is 60.7 Å². The van der Waals surface area contributed by atoms with Crippen LogP contribution in [0.2, 0.25) is 0 Å². The van der Waals surface area contributed by atoms with E-state index in [9.17, 15) is 0 Å². The Bertz CT molecular complexity index is 462. The summed E-state index contributed by atoms with van der Waals surface area (Å²) >= 11 is 0. The number of hydrogen-bond donors (Lipinski definition) is 1. The smallest absolute Gasteiger partial charge is 0.155 e. The summed E-state index contributed by atoms with van der Waals surface area (Å²) in [6.07, 6.45) is 0. The summed E-state index contributed by atoms with van der Waals surface area (Å²) in [4.78, 5) is 0. The standard InChI is InChI=1S/C18H23NO2.ClH/c1-15(2)19-16(13-20-17-9-5-3-6-10-17)14-21-18-11-7-4-8-12-18;/h3-12,15-16,19H,13-14H2,1-2H3;1H. The highest BCUT2D eigenvalue weighted by molar-refractivity contribution is 5.21. The molecule has 0 spiro atoms. The van der Waals surface area contributed by atoms with Gasteiger partial charge in [-0.25, -0.2) is 0 Å². The molecule has 2 aromatic rings. The third-order valence-corrected chi connectivity index (χ3v) is 3.07. The number of halogens is 1. The lowest BCUT2D eigenvalue weighted by molar-refractivity contribution is -0.717. The molecule has 0 aromatic heterocycles. The number of benzene rings is 2. The molecule has 0 amide bonds. The van der Waals surface area contributed by atoms with Crippen LogP contribution in [0.5, 0.6) is 11.5 Å². The minimum Gasteiger partial charge on any atom is -1.00 e. The Balaban J connectivity index is 0.00000242. The minimum atomic E-state index is 0. The lowest BCUT2D eigenvalue weighted by atomic mass is 10.2. The summed E-state index contributed by atoms with van der Waals surface area (Å²) < 4.78 is 11.7. The van der Waals surface area contributed by atoms with Gasteiger partial charge in [-0.15, -0.1) is 0 Å². The van der Waals surface area contributed by atoms with Crippen molar-refractivity contribution in [2.45, 2.75) is 25.9 Å². The highest BCUT2D eigenvalue weighted by Crippen LogP contribution is 2.10. The summed E-state index contributed by atoms with van der Waals surface area (Å²) in [5.74, 6) is 1.80. The minimum absolute atomic E-state index is 0. The van der Waals surface area contributed by atoms with Gasteiger partial charge in [0.25, 0.3) is 0 Å². The van der Waals surface area contributed by atoms with E-state index in [1.807, 2.05) is 60.7 Å². The Kier molecular flexibility index (Phi) is 8.41. The van der Waals surface area contributed by atoms with Crippen LogP contribution in [-0.2, 0) is 0 Å². The van der Waals surface area contributed by atoms with Gasteiger partial charge in [-0.05, 0) is 38.1 Å². The van der Waals surface area contributed by atoms with Crippen molar-refractivity contribution in [1.29, 1.82) is 0 Å². The van der Waals surface area contributed by atoms with Crippen molar-refractivity contribution in [1.82, 2.24) is 0 Å². The quantitative estimate of drug-likeness (QED) is 0.711. The van der Waals surface area contributed by atoms with Gasteiger partial charge in [-0.2, -0.15) is 0 Å². The van der Waals surface area contributed by atoms with Crippen molar-refractivity contribution in [2.75, 3.05) is 13.2 Å². The van der Waals surface area contributed by atoms with E-state index < -0.39 is 0 Å². The van der Waals surface area contributed by atoms with Gasteiger partial charge >= 0.3 is 0 Å². The third-order valence-electron chi connectivity index (χ3n) is 3.07. The van der Waals surface area contributed by atoms with Crippen molar-refractivity contribution >= 4 is 0 Å². The van der Waals surface area contributed by atoms with Crippen molar-refractivity contribution < 1.29 is 27.2 Å². The zero-order valence-electron chi connectivity index (χ0n) is 13.1. The molecular weight excluding hydrogens is 298 g/mol. The molecule has 0 aliphatic rings. The predicted octanol–water partition coefficient (Wildman–Crippen LogP) is -0.511. The molecule has 0 heterocycles. The van der Waals surface area contributed by atoms with Gasteiger partial charge in [0, 0.05) is 0 Å².